The van der Waals surface area contributed by atoms with Crippen molar-refractivity contribution >= 4 is 62.2 Å². The monoisotopic (exact) mass is 543 g/mol. The number of halogens is 2. The molecule has 0 N–H and O–H groups in total. The number of benzene rings is 3. The van der Waals surface area contributed by atoms with E-state index in [-0.39, 0.29) is 5.24 Å². The number of amides is 2. The second-order valence-corrected chi connectivity index (χ2v) is 9.32. The zero-order valence-corrected chi connectivity index (χ0v) is 20.7. The largest absolute Gasteiger partial charge is 0.490 e. The molecule has 0 atom stereocenters. The highest BCUT2D eigenvalue weighted by Gasteiger charge is 2.36. The van der Waals surface area contributed by atoms with Crippen LogP contribution in [-0.2, 0) is 11.4 Å². The molecule has 0 radical (unpaired) electrons. The van der Waals surface area contributed by atoms with E-state index in [9.17, 15) is 9.59 Å². The summed E-state index contributed by atoms with van der Waals surface area (Å²) in [5, 5.41) is 0.0762. The van der Waals surface area contributed by atoms with Gasteiger partial charge in [-0.05, 0) is 82.2 Å². The number of anilines is 1. The van der Waals surface area contributed by atoms with Gasteiger partial charge in [0.15, 0.2) is 11.5 Å². The Kier molecular flexibility index (Phi) is 7.42. The third kappa shape index (κ3) is 5.43. The Morgan fingerprint density at radius 1 is 1.03 bits per heavy atom. The minimum atomic E-state index is -0.397. The van der Waals surface area contributed by atoms with Crippen LogP contribution in [0, 0.1) is 0 Å². The van der Waals surface area contributed by atoms with E-state index in [0.29, 0.717) is 50.4 Å². The average Bonchev–Trinajstić information content (AvgIpc) is 3.07. The van der Waals surface area contributed by atoms with Gasteiger partial charge in [-0.25, -0.2) is 4.90 Å². The molecule has 1 heterocycles. The van der Waals surface area contributed by atoms with Crippen LogP contribution in [0.3, 0.4) is 0 Å². The van der Waals surface area contributed by atoms with Crippen molar-refractivity contribution in [2.24, 2.45) is 0 Å². The molecule has 1 saturated heterocycles. The normalized spacial score (nSPS) is 14.8. The zero-order chi connectivity index (χ0) is 23.4. The van der Waals surface area contributed by atoms with E-state index in [1.807, 2.05) is 43.3 Å². The lowest BCUT2D eigenvalue weighted by atomic mass is 10.1. The van der Waals surface area contributed by atoms with Crippen molar-refractivity contribution in [3.8, 4) is 11.5 Å². The molecule has 0 aliphatic carbocycles. The molecule has 0 saturated carbocycles. The Labute approximate surface area is 209 Å². The molecule has 0 unspecified atom stereocenters. The van der Waals surface area contributed by atoms with Crippen molar-refractivity contribution in [1.82, 2.24) is 0 Å². The van der Waals surface area contributed by atoms with Gasteiger partial charge in [-0.15, -0.1) is 0 Å². The Bertz CT molecular complexity index is 1230. The Hall–Kier alpha value is -2.74. The maximum Gasteiger partial charge on any atom is 0.298 e. The van der Waals surface area contributed by atoms with Crippen LogP contribution in [0.4, 0.5) is 10.5 Å². The van der Waals surface area contributed by atoms with Crippen molar-refractivity contribution in [1.29, 1.82) is 0 Å². The molecule has 0 bridgehead atoms. The summed E-state index contributed by atoms with van der Waals surface area (Å²) in [6.07, 6.45) is 1.67. The highest BCUT2D eigenvalue weighted by atomic mass is 79.9. The maximum atomic E-state index is 13.0. The number of hydrogen-bond acceptors (Lipinski definition) is 5. The lowest BCUT2D eigenvalue weighted by Gasteiger charge is -2.15. The third-order valence-electron chi connectivity index (χ3n) is 4.72. The van der Waals surface area contributed by atoms with Crippen LogP contribution in [0.2, 0.25) is 5.02 Å². The van der Waals surface area contributed by atoms with Crippen LogP contribution in [0.25, 0.3) is 6.08 Å². The molecule has 0 aromatic heterocycles. The van der Waals surface area contributed by atoms with Gasteiger partial charge in [0.25, 0.3) is 11.1 Å². The quantitative estimate of drug-likeness (QED) is 0.292. The van der Waals surface area contributed by atoms with Crippen molar-refractivity contribution in [3.63, 3.8) is 0 Å². The van der Waals surface area contributed by atoms with E-state index >= 15 is 0 Å². The first-order valence-corrected chi connectivity index (χ1v) is 12.1. The molecule has 1 fully saturated rings. The second-order valence-electron chi connectivity index (χ2n) is 7.03. The van der Waals surface area contributed by atoms with Gasteiger partial charge < -0.3 is 9.47 Å². The second kappa shape index (κ2) is 10.5. The number of thioether (sulfide) groups is 1. The van der Waals surface area contributed by atoms with Gasteiger partial charge in [-0.1, -0.05) is 48.0 Å². The maximum absolute atomic E-state index is 13.0. The summed E-state index contributed by atoms with van der Waals surface area (Å²) in [6, 6.07) is 20.1. The first-order chi connectivity index (χ1) is 16.0. The molecule has 2 amide bonds. The van der Waals surface area contributed by atoms with E-state index in [2.05, 4.69) is 15.9 Å². The SMILES string of the molecule is CCOc1cc(/C=C2/SC(=O)N(c3cccc(Cl)c3)C2=O)cc(Br)c1OCc1ccccc1. The van der Waals surface area contributed by atoms with Gasteiger partial charge in [0.05, 0.1) is 21.7 Å². The first kappa shape index (κ1) is 23.4. The topological polar surface area (TPSA) is 55.8 Å². The Morgan fingerprint density at radius 3 is 2.55 bits per heavy atom. The van der Waals surface area contributed by atoms with Gasteiger partial charge in [0.2, 0.25) is 0 Å². The highest BCUT2D eigenvalue weighted by molar-refractivity contribution is 9.10. The Morgan fingerprint density at radius 2 is 1.82 bits per heavy atom. The molecule has 8 heteroatoms. The third-order valence-corrected chi connectivity index (χ3v) is 6.41. The summed E-state index contributed by atoms with van der Waals surface area (Å²) in [6.45, 7) is 2.72. The number of hydrogen-bond donors (Lipinski definition) is 0. The lowest BCUT2D eigenvalue weighted by molar-refractivity contribution is -0.113. The van der Waals surface area contributed by atoms with E-state index in [1.165, 1.54) is 0 Å². The van der Waals surface area contributed by atoms with E-state index < -0.39 is 5.91 Å². The van der Waals surface area contributed by atoms with Gasteiger partial charge in [-0.3, -0.25) is 9.59 Å². The summed E-state index contributed by atoms with van der Waals surface area (Å²) in [4.78, 5) is 26.9. The van der Waals surface area contributed by atoms with Gasteiger partial charge in [0, 0.05) is 5.02 Å². The summed E-state index contributed by atoms with van der Waals surface area (Å²) in [7, 11) is 0. The molecular weight excluding hydrogens is 526 g/mol. The number of carbonyl (C=O) groups is 2. The van der Waals surface area contributed by atoms with E-state index in [4.69, 9.17) is 21.1 Å². The fourth-order valence-electron chi connectivity index (χ4n) is 3.26. The van der Waals surface area contributed by atoms with Gasteiger partial charge in [0.1, 0.15) is 6.61 Å². The molecule has 1 aliphatic rings. The van der Waals surface area contributed by atoms with Crippen LogP contribution in [-0.4, -0.2) is 17.8 Å². The fourth-order valence-corrected chi connectivity index (χ4v) is 4.86. The fraction of sp³-hybridized carbons (Fsp3) is 0.120. The van der Waals surface area contributed by atoms with Crippen LogP contribution in [0.5, 0.6) is 11.5 Å². The molecule has 5 nitrogen and oxygen atoms in total. The molecule has 3 aromatic rings. The zero-order valence-electron chi connectivity index (χ0n) is 17.6. The number of rotatable bonds is 7. The van der Waals surface area contributed by atoms with E-state index in [1.54, 1.807) is 36.4 Å². The number of ether oxygens (including phenoxy) is 2. The van der Waals surface area contributed by atoms with Crippen molar-refractivity contribution in [3.05, 3.63) is 92.3 Å². The molecule has 3 aromatic carbocycles. The predicted octanol–water partition coefficient (Wildman–Crippen LogP) is 7.32. The summed E-state index contributed by atoms with van der Waals surface area (Å²) in [5.41, 5.74) is 2.17. The molecule has 168 valence electrons. The van der Waals surface area contributed by atoms with Crippen molar-refractivity contribution < 1.29 is 19.1 Å². The lowest BCUT2D eigenvalue weighted by Crippen LogP contribution is -2.27. The Balaban J connectivity index is 1.61. The predicted molar refractivity (Wildman–Crippen MR) is 136 cm³/mol. The smallest absolute Gasteiger partial charge is 0.298 e. The molecule has 4 rings (SSSR count). The molecular formula is C25H19BrClNO4S. The van der Waals surface area contributed by atoms with Gasteiger partial charge in [-0.2, -0.15) is 0 Å². The first-order valence-electron chi connectivity index (χ1n) is 10.1. The van der Waals surface area contributed by atoms with Crippen molar-refractivity contribution in [2.75, 3.05) is 11.5 Å². The molecule has 33 heavy (non-hydrogen) atoms. The minimum Gasteiger partial charge on any atom is -0.490 e. The summed E-state index contributed by atoms with van der Waals surface area (Å²) in [5.74, 6) is 0.721. The van der Waals surface area contributed by atoms with Crippen LogP contribution in [0.1, 0.15) is 18.1 Å². The minimum absolute atomic E-state index is 0.312. The van der Waals surface area contributed by atoms with E-state index in [0.717, 1.165) is 22.2 Å². The van der Waals surface area contributed by atoms with Gasteiger partial charge >= 0.3 is 0 Å². The summed E-state index contributed by atoms with van der Waals surface area (Å²) < 4.78 is 12.5. The van der Waals surface area contributed by atoms with Crippen molar-refractivity contribution in [2.45, 2.75) is 13.5 Å². The summed E-state index contributed by atoms with van der Waals surface area (Å²) >= 11 is 10.5. The average molecular weight is 545 g/mol. The molecule has 1 aliphatic heterocycles. The number of imide groups is 1. The van der Waals surface area contributed by atoms with Crippen LogP contribution >= 0.6 is 39.3 Å². The molecule has 0 spiro atoms. The standard InChI is InChI=1S/C25H19BrClNO4S/c1-2-31-21-12-17(11-20(26)23(21)32-15-16-7-4-3-5-8-16)13-22-24(29)28(25(30)33-22)19-10-6-9-18(27)14-19/h3-14H,2,15H2,1H3/b22-13+. The number of nitrogens with zero attached hydrogens (tertiary/aromatic N) is 1. The van der Waals surface area contributed by atoms with Crippen LogP contribution < -0.4 is 14.4 Å². The van der Waals surface area contributed by atoms with Crippen LogP contribution in [0.15, 0.2) is 76.1 Å². The number of carbonyl (C=O) groups excluding carboxylic acids is 2. The highest BCUT2D eigenvalue weighted by Crippen LogP contribution is 2.40.